The van der Waals surface area contributed by atoms with Crippen LogP contribution in [0.5, 0.6) is 0 Å². The molecule has 0 bridgehead atoms. The Balaban J connectivity index is 1.48. The summed E-state index contributed by atoms with van der Waals surface area (Å²) in [5.41, 5.74) is 3.57. The highest BCUT2D eigenvalue weighted by molar-refractivity contribution is 7.98. The second-order valence-electron chi connectivity index (χ2n) is 6.14. The van der Waals surface area contributed by atoms with Crippen molar-refractivity contribution >= 4 is 34.3 Å². The van der Waals surface area contributed by atoms with E-state index in [1.807, 2.05) is 79.0 Å². The molecule has 0 saturated carbocycles. The van der Waals surface area contributed by atoms with Gasteiger partial charge in [0.15, 0.2) is 0 Å². The minimum absolute atomic E-state index is 0.0950. The van der Waals surface area contributed by atoms with Gasteiger partial charge in [-0.05, 0) is 42.0 Å². The smallest absolute Gasteiger partial charge is 0.255 e. The van der Waals surface area contributed by atoms with Gasteiger partial charge in [-0.15, -0.1) is 11.8 Å². The lowest BCUT2D eigenvalue weighted by Crippen LogP contribution is -2.11. The predicted molar refractivity (Wildman–Crippen MR) is 112 cm³/mol. The van der Waals surface area contributed by atoms with Gasteiger partial charge in [0.1, 0.15) is 0 Å². The summed E-state index contributed by atoms with van der Waals surface area (Å²) >= 11 is 1.76. The molecule has 0 atom stereocenters. The van der Waals surface area contributed by atoms with Gasteiger partial charge >= 0.3 is 0 Å². The minimum Gasteiger partial charge on any atom is -0.322 e. The largest absolute Gasteiger partial charge is 0.322 e. The summed E-state index contributed by atoms with van der Waals surface area (Å²) < 4.78 is 0. The van der Waals surface area contributed by atoms with E-state index in [0.717, 1.165) is 27.9 Å². The first-order valence-corrected chi connectivity index (χ1v) is 9.70. The summed E-state index contributed by atoms with van der Waals surface area (Å²) in [7, 11) is 0. The lowest BCUT2D eigenvalue weighted by Gasteiger charge is -2.08. The van der Waals surface area contributed by atoms with Gasteiger partial charge in [-0.3, -0.25) is 9.78 Å². The molecule has 0 radical (unpaired) electrons. The molecule has 27 heavy (non-hydrogen) atoms. The quantitative estimate of drug-likeness (QED) is 0.453. The number of pyridine rings is 1. The molecular formula is C23H18N2OS. The standard InChI is InChI=1S/C23H18N2OS/c26-23(25-19-9-2-1-3-10-19)18-8-6-7-17(15-18)16-27-22-13-14-24-21-12-5-4-11-20(21)22/h1-15H,16H2,(H,25,26). The van der Waals surface area contributed by atoms with Gasteiger partial charge in [0.05, 0.1) is 5.52 Å². The molecule has 1 aromatic heterocycles. The number of carbonyl (C=O) groups is 1. The van der Waals surface area contributed by atoms with Crippen molar-refractivity contribution in [3.8, 4) is 0 Å². The van der Waals surface area contributed by atoms with Gasteiger partial charge in [0.2, 0.25) is 0 Å². The predicted octanol–water partition coefficient (Wildman–Crippen LogP) is 5.78. The Hall–Kier alpha value is -3.11. The molecule has 0 spiro atoms. The van der Waals surface area contributed by atoms with Crippen LogP contribution in [0.15, 0.2) is 96.0 Å². The van der Waals surface area contributed by atoms with Crippen LogP contribution >= 0.6 is 11.8 Å². The van der Waals surface area contributed by atoms with Crippen molar-refractivity contribution < 1.29 is 4.79 Å². The molecule has 4 heteroatoms. The molecule has 1 heterocycles. The topological polar surface area (TPSA) is 42.0 Å². The molecule has 0 saturated heterocycles. The van der Waals surface area contributed by atoms with Crippen LogP contribution in [0, 0.1) is 0 Å². The van der Waals surface area contributed by atoms with Crippen molar-refractivity contribution in [3.63, 3.8) is 0 Å². The first-order chi connectivity index (χ1) is 13.3. The summed E-state index contributed by atoms with van der Waals surface area (Å²) in [5, 5.41) is 4.08. The number of nitrogens with one attached hydrogen (secondary N) is 1. The number of fused-ring (bicyclic) bond motifs is 1. The van der Waals surface area contributed by atoms with Crippen molar-refractivity contribution in [2.24, 2.45) is 0 Å². The third kappa shape index (κ3) is 4.18. The van der Waals surface area contributed by atoms with E-state index in [4.69, 9.17) is 0 Å². The Kier molecular flexibility index (Phi) is 5.17. The molecule has 0 aliphatic heterocycles. The number of carbonyl (C=O) groups excluding carboxylic acids is 1. The number of aromatic nitrogens is 1. The van der Waals surface area contributed by atoms with Gasteiger partial charge in [-0.2, -0.15) is 0 Å². The molecule has 0 aliphatic carbocycles. The maximum Gasteiger partial charge on any atom is 0.255 e. The van der Waals surface area contributed by atoms with Crippen molar-refractivity contribution in [2.75, 3.05) is 5.32 Å². The fourth-order valence-corrected chi connectivity index (χ4v) is 3.87. The van der Waals surface area contributed by atoms with E-state index < -0.39 is 0 Å². The highest BCUT2D eigenvalue weighted by Crippen LogP contribution is 2.29. The van der Waals surface area contributed by atoms with Crippen molar-refractivity contribution in [1.82, 2.24) is 4.98 Å². The molecule has 0 aliphatic rings. The Morgan fingerprint density at radius 2 is 1.70 bits per heavy atom. The fourth-order valence-electron chi connectivity index (χ4n) is 2.88. The molecule has 4 rings (SSSR count). The summed E-state index contributed by atoms with van der Waals surface area (Å²) in [6, 6.07) is 27.5. The summed E-state index contributed by atoms with van der Waals surface area (Å²) in [6.45, 7) is 0. The number of hydrogen-bond donors (Lipinski definition) is 1. The average molecular weight is 370 g/mol. The zero-order chi connectivity index (χ0) is 18.5. The Bertz CT molecular complexity index is 1070. The molecule has 0 unspecified atom stereocenters. The number of anilines is 1. The van der Waals surface area contributed by atoms with E-state index in [-0.39, 0.29) is 5.91 Å². The van der Waals surface area contributed by atoms with Gasteiger partial charge in [-0.1, -0.05) is 48.5 Å². The lowest BCUT2D eigenvalue weighted by atomic mass is 10.1. The van der Waals surface area contributed by atoms with Gasteiger partial charge in [0.25, 0.3) is 5.91 Å². The molecular weight excluding hydrogens is 352 g/mol. The van der Waals surface area contributed by atoms with Crippen LogP contribution in [0.4, 0.5) is 5.69 Å². The van der Waals surface area contributed by atoms with Crippen LogP contribution in [-0.4, -0.2) is 10.9 Å². The Morgan fingerprint density at radius 3 is 2.59 bits per heavy atom. The number of rotatable bonds is 5. The van der Waals surface area contributed by atoms with E-state index in [1.165, 1.54) is 4.90 Å². The highest BCUT2D eigenvalue weighted by Gasteiger charge is 2.08. The monoisotopic (exact) mass is 370 g/mol. The zero-order valence-electron chi connectivity index (χ0n) is 14.6. The number of thioether (sulfide) groups is 1. The first kappa shape index (κ1) is 17.3. The molecule has 3 nitrogen and oxygen atoms in total. The first-order valence-electron chi connectivity index (χ1n) is 8.71. The second kappa shape index (κ2) is 8.06. The van der Waals surface area contributed by atoms with Gasteiger partial charge in [0, 0.05) is 33.5 Å². The van der Waals surface area contributed by atoms with Crippen LogP contribution in [0.2, 0.25) is 0 Å². The Labute approximate surface area is 162 Å². The summed E-state index contributed by atoms with van der Waals surface area (Å²) in [6.07, 6.45) is 1.84. The molecule has 132 valence electrons. The normalized spacial score (nSPS) is 10.7. The number of benzene rings is 3. The molecule has 0 fully saturated rings. The van der Waals surface area contributed by atoms with E-state index in [2.05, 4.69) is 22.4 Å². The van der Waals surface area contributed by atoms with Crippen molar-refractivity contribution in [1.29, 1.82) is 0 Å². The van der Waals surface area contributed by atoms with Crippen LogP contribution in [0.1, 0.15) is 15.9 Å². The summed E-state index contributed by atoms with van der Waals surface area (Å²) in [5.74, 6) is 0.697. The maximum absolute atomic E-state index is 12.5. The maximum atomic E-state index is 12.5. The zero-order valence-corrected chi connectivity index (χ0v) is 15.4. The number of nitrogens with zero attached hydrogens (tertiary/aromatic N) is 1. The third-order valence-electron chi connectivity index (χ3n) is 4.22. The molecule has 3 aromatic carbocycles. The van der Waals surface area contributed by atoms with E-state index in [9.17, 15) is 4.79 Å². The SMILES string of the molecule is O=C(Nc1ccccc1)c1cccc(CSc2ccnc3ccccc23)c1. The van der Waals surface area contributed by atoms with Crippen LogP contribution in [0.25, 0.3) is 10.9 Å². The van der Waals surface area contributed by atoms with Crippen LogP contribution in [0.3, 0.4) is 0 Å². The van der Waals surface area contributed by atoms with E-state index >= 15 is 0 Å². The number of para-hydroxylation sites is 2. The van der Waals surface area contributed by atoms with Gasteiger partial charge in [-0.25, -0.2) is 0 Å². The van der Waals surface area contributed by atoms with E-state index in [0.29, 0.717) is 5.56 Å². The lowest BCUT2D eigenvalue weighted by molar-refractivity contribution is 0.102. The minimum atomic E-state index is -0.0950. The second-order valence-corrected chi connectivity index (χ2v) is 7.15. The van der Waals surface area contributed by atoms with Crippen LogP contribution < -0.4 is 5.32 Å². The van der Waals surface area contributed by atoms with E-state index in [1.54, 1.807) is 11.8 Å². The molecule has 1 amide bonds. The van der Waals surface area contributed by atoms with Crippen LogP contribution in [-0.2, 0) is 5.75 Å². The average Bonchev–Trinajstić information content (AvgIpc) is 2.73. The van der Waals surface area contributed by atoms with Crippen molar-refractivity contribution in [2.45, 2.75) is 10.6 Å². The van der Waals surface area contributed by atoms with Gasteiger partial charge < -0.3 is 5.32 Å². The number of amides is 1. The molecule has 1 N–H and O–H groups in total. The number of hydrogen-bond acceptors (Lipinski definition) is 3. The fraction of sp³-hybridized carbons (Fsp3) is 0.0435. The highest BCUT2D eigenvalue weighted by atomic mass is 32.2. The Morgan fingerprint density at radius 1 is 0.889 bits per heavy atom. The molecule has 4 aromatic rings. The third-order valence-corrected chi connectivity index (χ3v) is 5.37. The summed E-state index contributed by atoms with van der Waals surface area (Å²) in [4.78, 5) is 18.1. The van der Waals surface area contributed by atoms with Crippen molar-refractivity contribution in [3.05, 3.63) is 102 Å².